The summed E-state index contributed by atoms with van der Waals surface area (Å²) in [6.07, 6.45) is 5.71. The zero-order valence-electron chi connectivity index (χ0n) is 11.9. The molecule has 0 aliphatic carbocycles. The van der Waals surface area contributed by atoms with E-state index < -0.39 is 10.0 Å². The number of benzene rings is 1. The number of nitriles is 1. The van der Waals surface area contributed by atoms with Gasteiger partial charge in [0.1, 0.15) is 11.8 Å². The van der Waals surface area contributed by atoms with Gasteiger partial charge in [0, 0.05) is 5.69 Å². The summed E-state index contributed by atoms with van der Waals surface area (Å²) >= 11 is 0. The summed E-state index contributed by atoms with van der Waals surface area (Å²) in [7, 11) is -3.46. The van der Waals surface area contributed by atoms with Crippen LogP contribution in [0.15, 0.2) is 36.4 Å². The van der Waals surface area contributed by atoms with Gasteiger partial charge in [-0.25, -0.2) is 13.6 Å². The highest BCUT2D eigenvalue weighted by atomic mass is 32.2. The van der Waals surface area contributed by atoms with Crippen molar-refractivity contribution in [2.24, 2.45) is 5.14 Å². The Kier molecular flexibility index (Phi) is 4.67. The van der Waals surface area contributed by atoms with E-state index in [2.05, 4.69) is 12.0 Å². The Balaban J connectivity index is 2.26. The second kappa shape index (κ2) is 6.48. The lowest BCUT2D eigenvalue weighted by Crippen LogP contribution is -2.17. The molecule has 0 saturated carbocycles. The molecule has 2 N–H and O–H groups in total. The summed E-state index contributed by atoms with van der Waals surface area (Å²) in [5.41, 5.74) is 3.16. The quantitative estimate of drug-likeness (QED) is 0.848. The third-order valence-electron chi connectivity index (χ3n) is 3.27. The van der Waals surface area contributed by atoms with Crippen LogP contribution in [-0.2, 0) is 23.0 Å². The predicted octanol–water partition coefficient (Wildman–Crippen LogP) is 1.49. The van der Waals surface area contributed by atoms with E-state index in [1.807, 2.05) is 30.3 Å². The molecule has 0 amide bonds. The van der Waals surface area contributed by atoms with Crippen molar-refractivity contribution >= 4 is 10.0 Å². The molecule has 0 radical (unpaired) electrons. The smallest absolute Gasteiger partial charge is 0.209 e. The van der Waals surface area contributed by atoms with Gasteiger partial charge in [0.2, 0.25) is 10.0 Å². The first-order valence-corrected chi connectivity index (χ1v) is 8.29. The summed E-state index contributed by atoms with van der Waals surface area (Å²) in [4.78, 5) is 0. The van der Waals surface area contributed by atoms with Crippen molar-refractivity contribution in [1.82, 2.24) is 4.57 Å². The van der Waals surface area contributed by atoms with Gasteiger partial charge in [0.15, 0.2) is 0 Å². The number of terminal acetylenes is 1. The van der Waals surface area contributed by atoms with Crippen LogP contribution in [-0.4, -0.2) is 18.7 Å². The van der Waals surface area contributed by atoms with Gasteiger partial charge in [-0.05, 0) is 29.7 Å². The Bertz CT molecular complexity index is 850. The van der Waals surface area contributed by atoms with Crippen LogP contribution in [0, 0.1) is 23.7 Å². The maximum atomic E-state index is 11.0. The fourth-order valence-electron chi connectivity index (χ4n) is 2.18. The van der Waals surface area contributed by atoms with Gasteiger partial charge in [-0.15, -0.1) is 6.42 Å². The average molecular weight is 313 g/mol. The molecule has 0 aliphatic heterocycles. The molecule has 2 aromatic rings. The Labute approximate surface area is 130 Å². The standard InChI is InChI=1S/C16H15N3O2S/c1-2-10-19-15(12-17)7-8-16(19)14-5-3-13(4-6-14)9-11-22(18,20)21/h1,3-8H,9-11H2,(H2,18,20,21). The van der Waals surface area contributed by atoms with Crippen molar-refractivity contribution < 1.29 is 8.42 Å². The van der Waals surface area contributed by atoms with Crippen LogP contribution in [0.4, 0.5) is 0 Å². The number of aryl methyl sites for hydroxylation is 1. The lowest BCUT2D eigenvalue weighted by atomic mass is 10.1. The molecule has 6 heteroatoms. The first kappa shape index (κ1) is 15.8. The number of nitrogens with two attached hydrogens (primary N) is 1. The fraction of sp³-hybridized carbons (Fsp3) is 0.188. The van der Waals surface area contributed by atoms with Crippen molar-refractivity contribution in [3.8, 4) is 29.7 Å². The van der Waals surface area contributed by atoms with Gasteiger partial charge in [-0.2, -0.15) is 5.26 Å². The van der Waals surface area contributed by atoms with Crippen molar-refractivity contribution in [3.05, 3.63) is 47.7 Å². The van der Waals surface area contributed by atoms with Crippen molar-refractivity contribution in [1.29, 1.82) is 5.26 Å². The molecule has 1 aromatic heterocycles. The van der Waals surface area contributed by atoms with Gasteiger partial charge in [-0.1, -0.05) is 30.2 Å². The number of hydrogen-bond acceptors (Lipinski definition) is 3. The van der Waals surface area contributed by atoms with Gasteiger partial charge in [-0.3, -0.25) is 0 Å². The molecule has 0 atom stereocenters. The minimum Gasteiger partial charge on any atom is -0.321 e. The lowest BCUT2D eigenvalue weighted by Gasteiger charge is -2.08. The molecule has 2 rings (SSSR count). The number of rotatable bonds is 5. The average Bonchev–Trinajstić information content (AvgIpc) is 2.88. The Morgan fingerprint density at radius 2 is 1.86 bits per heavy atom. The van der Waals surface area contributed by atoms with E-state index in [-0.39, 0.29) is 5.75 Å². The highest BCUT2D eigenvalue weighted by Crippen LogP contribution is 2.23. The molecular weight excluding hydrogens is 298 g/mol. The molecule has 0 bridgehead atoms. The third-order valence-corrected chi connectivity index (χ3v) is 4.04. The van der Waals surface area contributed by atoms with Crippen LogP contribution in [0.3, 0.4) is 0 Å². The van der Waals surface area contributed by atoms with Gasteiger partial charge in [0.05, 0.1) is 12.3 Å². The molecule has 0 spiro atoms. The lowest BCUT2D eigenvalue weighted by molar-refractivity contribution is 0.597. The number of hydrogen-bond donors (Lipinski definition) is 1. The normalized spacial score (nSPS) is 10.9. The van der Waals surface area contributed by atoms with Crippen LogP contribution in [0.25, 0.3) is 11.3 Å². The number of primary sulfonamides is 1. The number of sulfonamides is 1. The van der Waals surface area contributed by atoms with E-state index in [1.165, 1.54) is 0 Å². The summed E-state index contributed by atoms with van der Waals surface area (Å²) in [5, 5.41) is 14.1. The molecule has 0 fully saturated rings. The molecule has 0 aliphatic rings. The molecule has 5 nitrogen and oxygen atoms in total. The summed E-state index contributed by atoms with van der Waals surface area (Å²) in [6, 6.07) is 13.1. The Morgan fingerprint density at radius 1 is 1.18 bits per heavy atom. The molecule has 22 heavy (non-hydrogen) atoms. The summed E-state index contributed by atoms with van der Waals surface area (Å²) in [5.74, 6) is 2.45. The second-order valence-electron chi connectivity index (χ2n) is 4.82. The Hall–Kier alpha value is -2.54. The molecular formula is C16H15N3O2S. The molecule has 112 valence electrons. The van der Waals surface area contributed by atoms with Gasteiger partial charge >= 0.3 is 0 Å². The van der Waals surface area contributed by atoms with Crippen LogP contribution >= 0.6 is 0 Å². The minimum atomic E-state index is -3.46. The van der Waals surface area contributed by atoms with Gasteiger partial charge in [0.25, 0.3) is 0 Å². The topological polar surface area (TPSA) is 88.9 Å². The van der Waals surface area contributed by atoms with E-state index in [0.717, 1.165) is 16.8 Å². The zero-order chi connectivity index (χ0) is 16.2. The van der Waals surface area contributed by atoms with Crippen molar-refractivity contribution in [3.63, 3.8) is 0 Å². The Morgan fingerprint density at radius 3 is 2.41 bits per heavy atom. The van der Waals surface area contributed by atoms with E-state index in [4.69, 9.17) is 16.8 Å². The van der Waals surface area contributed by atoms with Crippen LogP contribution in [0.5, 0.6) is 0 Å². The number of aromatic nitrogens is 1. The van der Waals surface area contributed by atoms with E-state index in [1.54, 1.807) is 10.6 Å². The van der Waals surface area contributed by atoms with Crippen LogP contribution in [0.1, 0.15) is 11.3 Å². The van der Waals surface area contributed by atoms with Gasteiger partial charge < -0.3 is 4.57 Å². The molecule has 0 unspecified atom stereocenters. The van der Waals surface area contributed by atoms with Crippen molar-refractivity contribution in [2.75, 3.05) is 5.75 Å². The maximum Gasteiger partial charge on any atom is 0.209 e. The second-order valence-corrected chi connectivity index (χ2v) is 6.55. The third kappa shape index (κ3) is 3.76. The van der Waals surface area contributed by atoms with Crippen molar-refractivity contribution in [2.45, 2.75) is 13.0 Å². The monoisotopic (exact) mass is 313 g/mol. The number of nitrogens with zero attached hydrogens (tertiary/aromatic N) is 2. The molecule has 0 saturated heterocycles. The highest BCUT2D eigenvalue weighted by Gasteiger charge is 2.09. The predicted molar refractivity (Wildman–Crippen MR) is 85.1 cm³/mol. The first-order chi connectivity index (χ1) is 10.4. The minimum absolute atomic E-state index is 0.0849. The van der Waals surface area contributed by atoms with Crippen LogP contribution < -0.4 is 5.14 Å². The molecule has 1 aromatic carbocycles. The largest absolute Gasteiger partial charge is 0.321 e. The highest BCUT2D eigenvalue weighted by molar-refractivity contribution is 7.89. The van der Waals surface area contributed by atoms with E-state index in [0.29, 0.717) is 18.7 Å². The fourth-order valence-corrected chi connectivity index (χ4v) is 2.70. The SMILES string of the molecule is C#CCn1c(C#N)ccc1-c1ccc(CCS(N)(=O)=O)cc1. The summed E-state index contributed by atoms with van der Waals surface area (Å²) in [6.45, 7) is 0.318. The first-order valence-electron chi connectivity index (χ1n) is 6.57. The van der Waals surface area contributed by atoms with E-state index >= 15 is 0 Å². The van der Waals surface area contributed by atoms with Crippen LogP contribution in [0.2, 0.25) is 0 Å². The molecule has 1 heterocycles. The maximum absolute atomic E-state index is 11.0. The summed E-state index contributed by atoms with van der Waals surface area (Å²) < 4.78 is 23.7. The zero-order valence-corrected chi connectivity index (χ0v) is 12.7. The van der Waals surface area contributed by atoms with E-state index in [9.17, 15) is 8.42 Å².